The highest BCUT2D eigenvalue weighted by molar-refractivity contribution is 7.55. The van der Waals surface area contributed by atoms with E-state index in [9.17, 15) is 0 Å². The quantitative estimate of drug-likeness (QED) is 0.663. The first-order valence-electron chi connectivity index (χ1n) is 6.23. The third kappa shape index (κ3) is 4.28. The van der Waals surface area contributed by atoms with Gasteiger partial charge in [0, 0.05) is 5.69 Å². The third-order valence-corrected chi connectivity index (χ3v) is 4.70. The lowest BCUT2D eigenvalue weighted by Gasteiger charge is -2.20. The summed E-state index contributed by atoms with van der Waals surface area (Å²) in [5, 5.41) is 2.78. The van der Waals surface area contributed by atoms with E-state index in [0.29, 0.717) is 0 Å². The zero-order chi connectivity index (χ0) is 13.0. The monoisotopic (exact) mass is 273 g/mol. The van der Waals surface area contributed by atoms with Crippen LogP contribution in [0, 0.1) is 0 Å². The Morgan fingerprint density at radius 2 is 1.50 bits per heavy atom. The predicted octanol–water partition coefficient (Wildman–Crippen LogP) is 3.56. The molecule has 0 amide bonds. The molecule has 0 fully saturated rings. The lowest BCUT2D eigenvalue weighted by atomic mass is 10.3. The van der Waals surface area contributed by atoms with Gasteiger partial charge in [0.2, 0.25) is 0 Å². The van der Waals surface area contributed by atoms with Crippen LogP contribution in [0.2, 0.25) is 19.6 Å². The van der Waals surface area contributed by atoms with Crippen LogP contribution in [0.4, 0.5) is 5.69 Å². The molecule has 1 atom stereocenters. The van der Waals surface area contributed by atoms with Crippen molar-refractivity contribution < 1.29 is 0 Å². The van der Waals surface area contributed by atoms with Crippen molar-refractivity contribution in [2.24, 2.45) is 0 Å². The highest BCUT2D eigenvalue weighted by Crippen LogP contribution is 2.16. The Morgan fingerprint density at radius 1 is 0.833 bits per heavy atom. The molecular formula is C15H20NPSi. The topological polar surface area (TPSA) is 12.0 Å². The minimum atomic E-state index is -1.26. The molecule has 1 unspecified atom stereocenters. The van der Waals surface area contributed by atoms with Crippen molar-refractivity contribution >= 4 is 33.1 Å². The predicted molar refractivity (Wildman–Crippen MR) is 87.4 cm³/mol. The Bertz CT molecular complexity index is 505. The molecule has 0 aromatic heterocycles. The summed E-state index contributed by atoms with van der Waals surface area (Å²) in [5.74, 6) is 0. The van der Waals surface area contributed by atoms with Crippen LogP contribution in [-0.4, -0.2) is 8.24 Å². The molecule has 2 aromatic rings. The van der Waals surface area contributed by atoms with E-state index in [2.05, 4.69) is 79.2 Å². The first-order chi connectivity index (χ1) is 8.53. The lowest BCUT2D eigenvalue weighted by molar-refractivity contribution is 1.59. The molecule has 1 nitrogen and oxygen atoms in total. The van der Waals surface area contributed by atoms with Crippen LogP contribution in [0.15, 0.2) is 54.6 Å². The first-order valence-corrected chi connectivity index (χ1v) is 10.7. The maximum Gasteiger partial charge on any atom is 0.144 e. The van der Waals surface area contributed by atoms with E-state index in [1.807, 2.05) is 0 Å². The van der Waals surface area contributed by atoms with Crippen LogP contribution in [-0.2, 0) is 0 Å². The van der Waals surface area contributed by atoms with Crippen molar-refractivity contribution in [1.29, 1.82) is 0 Å². The van der Waals surface area contributed by atoms with Crippen LogP contribution in [0.1, 0.15) is 0 Å². The van der Waals surface area contributed by atoms with Gasteiger partial charge in [0.05, 0.1) is 0 Å². The summed E-state index contributed by atoms with van der Waals surface area (Å²) < 4.78 is 0. The molecule has 0 saturated heterocycles. The fourth-order valence-corrected chi connectivity index (χ4v) is 3.92. The number of hydrogen-bond acceptors (Lipinski definition) is 1. The fraction of sp³-hybridized carbons (Fsp3) is 0.200. The van der Waals surface area contributed by atoms with Crippen molar-refractivity contribution in [2.45, 2.75) is 19.6 Å². The Morgan fingerprint density at radius 3 is 2.17 bits per heavy atom. The number of rotatable bonds is 4. The third-order valence-electron chi connectivity index (χ3n) is 2.44. The Hall–Kier alpha value is -1.11. The summed E-state index contributed by atoms with van der Waals surface area (Å²) >= 11 is 0. The van der Waals surface area contributed by atoms with Gasteiger partial charge in [-0.25, -0.2) is 0 Å². The summed E-state index contributed by atoms with van der Waals surface area (Å²) in [6.45, 7) is 6.96. The second-order valence-corrected chi connectivity index (χ2v) is 11.6. The van der Waals surface area contributed by atoms with E-state index < -0.39 is 8.24 Å². The second-order valence-electron chi connectivity index (χ2n) is 5.45. The van der Waals surface area contributed by atoms with Crippen molar-refractivity contribution in [2.75, 3.05) is 4.98 Å². The van der Waals surface area contributed by atoms with Crippen molar-refractivity contribution in [3.63, 3.8) is 0 Å². The van der Waals surface area contributed by atoms with Gasteiger partial charge in [-0.2, -0.15) is 0 Å². The average molecular weight is 273 g/mol. The molecule has 3 heteroatoms. The van der Waals surface area contributed by atoms with E-state index in [1.54, 1.807) is 0 Å². The maximum atomic E-state index is 3.65. The number of hydrogen-bond donors (Lipinski definition) is 1. The highest BCUT2D eigenvalue weighted by atomic mass is 31.1. The summed E-state index contributed by atoms with van der Waals surface area (Å²) in [6.07, 6.45) is 0. The molecule has 18 heavy (non-hydrogen) atoms. The van der Waals surface area contributed by atoms with E-state index in [4.69, 9.17) is 0 Å². The average Bonchev–Trinajstić information content (AvgIpc) is 2.28. The van der Waals surface area contributed by atoms with E-state index in [-0.39, 0.29) is 0 Å². The standard InChI is InChI=1S/C15H20NPSi/c1-18(2,3)16-13-8-7-11-15(12-13)17-14-9-5-4-6-10-14/h4-12,16-17H,1-3H3. The van der Waals surface area contributed by atoms with Crippen LogP contribution < -0.4 is 15.6 Å². The normalized spacial score (nSPS) is 11.9. The van der Waals surface area contributed by atoms with Gasteiger partial charge < -0.3 is 4.98 Å². The van der Waals surface area contributed by atoms with Gasteiger partial charge in [0.15, 0.2) is 0 Å². The molecule has 1 N–H and O–H groups in total. The van der Waals surface area contributed by atoms with Gasteiger partial charge in [0.1, 0.15) is 8.24 Å². The van der Waals surface area contributed by atoms with E-state index in [0.717, 1.165) is 8.58 Å². The van der Waals surface area contributed by atoms with Gasteiger partial charge in [-0.1, -0.05) is 70.7 Å². The van der Waals surface area contributed by atoms with Gasteiger partial charge in [0.25, 0.3) is 0 Å². The molecule has 2 aromatic carbocycles. The Kier molecular flexibility index (Phi) is 4.21. The minimum absolute atomic E-state index is 0.735. The molecule has 0 aliphatic carbocycles. The Labute approximate surface area is 113 Å². The van der Waals surface area contributed by atoms with Crippen molar-refractivity contribution in [3.05, 3.63) is 54.6 Å². The summed E-state index contributed by atoms with van der Waals surface area (Å²) in [4.78, 5) is 3.65. The Balaban J connectivity index is 2.13. The zero-order valence-electron chi connectivity index (χ0n) is 11.2. The zero-order valence-corrected chi connectivity index (χ0v) is 13.2. The summed E-state index contributed by atoms with van der Waals surface area (Å²) in [6, 6.07) is 19.5. The summed E-state index contributed by atoms with van der Waals surface area (Å²) in [7, 11) is -0.525. The molecule has 2 rings (SSSR count). The smallest absolute Gasteiger partial charge is 0.144 e. The van der Waals surface area contributed by atoms with Crippen molar-refractivity contribution in [1.82, 2.24) is 0 Å². The number of nitrogens with one attached hydrogen (secondary N) is 1. The van der Waals surface area contributed by atoms with Crippen molar-refractivity contribution in [3.8, 4) is 0 Å². The largest absolute Gasteiger partial charge is 0.411 e. The second kappa shape index (κ2) is 5.68. The van der Waals surface area contributed by atoms with Crippen LogP contribution in [0.25, 0.3) is 0 Å². The molecule has 0 saturated carbocycles. The van der Waals surface area contributed by atoms with Gasteiger partial charge in [-0.3, -0.25) is 0 Å². The number of anilines is 1. The lowest BCUT2D eigenvalue weighted by Crippen LogP contribution is -2.32. The summed E-state index contributed by atoms with van der Waals surface area (Å²) in [5.41, 5.74) is 1.26. The molecular weight excluding hydrogens is 253 g/mol. The molecule has 0 radical (unpaired) electrons. The highest BCUT2D eigenvalue weighted by Gasteiger charge is 2.12. The van der Waals surface area contributed by atoms with Gasteiger partial charge in [-0.05, 0) is 22.7 Å². The molecule has 0 heterocycles. The molecule has 0 bridgehead atoms. The van der Waals surface area contributed by atoms with Crippen LogP contribution in [0.3, 0.4) is 0 Å². The minimum Gasteiger partial charge on any atom is -0.411 e. The molecule has 0 aliphatic rings. The molecule has 94 valence electrons. The van der Waals surface area contributed by atoms with E-state index >= 15 is 0 Å². The molecule has 0 spiro atoms. The maximum absolute atomic E-state index is 3.65. The SMILES string of the molecule is C[Si](C)(C)Nc1cccc(Pc2ccccc2)c1. The fourth-order valence-electron chi connectivity index (χ4n) is 1.80. The van der Waals surface area contributed by atoms with Crippen LogP contribution in [0.5, 0.6) is 0 Å². The van der Waals surface area contributed by atoms with Gasteiger partial charge >= 0.3 is 0 Å². The van der Waals surface area contributed by atoms with Gasteiger partial charge in [-0.15, -0.1) is 0 Å². The van der Waals surface area contributed by atoms with Crippen LogP contribution >= 0.6 is 8.58 Å². The first kappa shape index (κ1) is 13.3. The number of benzene rings is 2. The molecule has 0 aliphatic heterocycles. The van der Waals surface area contributed by atoms with E-state index in [1.165, 1.54) is 16.3 Å².